The Balaban J connectivity index is 1.67. The van der Waals surface area contributed by atoms with E-state index in [0.717, 1.165) is 18.5 Å². The van der Waals surface area contributed by atoms with Gasteiger partial charge in [-0.1, -0.05) is 42.5 Å². The second-order valence-corrected chi connectivity index (χ2v) is 6.19. The maximum Gasteiger partial charge on any atom is 0.248 e. The quantitative estimate of drug-likeness (QED) is 0.361. The highest BCUT2D eigenvalue weighted by Gasteiger charge is 2.05. The fourth-order valence-corrected chi connectivity index (χ4v) is 2.60. The minimum Gasteiger partial charge on any atom is -0.374 e. The second kappa shape index (κ2) is 11.0. The van der Waals surface area contributed by atoms with E-state index < -0.39 is 5.91 Å². The Kier molecular flexibility index (Phi) is 8.32. The summed E-state index contributed by atoms with van der Waals surface area (Å²) >= 11 is 0. The smallest absolute Gasteiger partial charge is 0.248 e. The van der Waals surface area contributed by atoms with Crippen LogP contribution in [0.25, 0.3) is 0 Å². The summed E-state index contributed by atoms with van der Waals surface area (Å²) < 4.78 is 5.86. The number of carbonyl (C=O) groups excluding carboxylic acids is 1. The number of guanidine groups is 1. The third-order valence-corrected chi connectivity index (χ3v) is 4.15. The van der Waals surface area contributed by atoms with Gasteiger partial charge in [-0.2, -0.15) is 0 Å². The van der Waals surface area contributed by atoms with Gasteiger partial charge in [-0.15, -0.1) is 0 Å². The standard InChI is InChI=1S/C21H28N4O2/c1-16(18-9-4-3-5-10-18)27-13-7-12-24-21(23-2)25-15-17-8-6-11-19(14-17)20(22)26/h3-6,8-11,14,16H,7,12-13,15H2,1-2H3,(H2,22,26)(H2,23,24,25). The molecule has 0 radical (unpaired) electrons. The van der Waals surface area contributed by atoms with Crippen LogP contribution in [0.2, 0.25) is 0 Å². The Morgan fingerprint density at radius 1 is 1.15 bits per heavy atom. The molecule has 0 bridgehead atoms. The number of ether oxygens (including phenoxy) is 1. The first-order chi connectivity index (χ1) is 13.1. The first-order valence-electron chi connectivity index (χ1n) is 9.10. The molecule has 6 nitrogen and oxygen atoms in total. The number of hydrogen-bond donors (Lipinski definition) is 3. The lowest BCUT2D eigenvalue weighted by atomic mass is 10.1. The zero-order valence-electron chi connectivity index (χ0n) is 15.9. The molecule has 0 fully saturated rings. The summed E-state index contributed by atoms with van der Waals surface area (Å²) in [5, 5.41) is 6.48. The zero-order valence-corrected chi connectivity index (χ0v) is 15.9. The third-order valence-electron chi connectivity index (χ3n) is 4.15. The molecule has 4 N–H and O–H groups in total. The lowest BCUT2D eigenvalue weighted by Crippen LogP contribution is -2.37. The zero-order chi connectivity index (χ0) is 19.5. The molecule has 0 aliphatic carbocycles. The molecule has 6 heteroatoms. The number of rotatable bonds is 9. The number of primary amides is 1. The molecule has 0 saturated heterocycles. The van der Waals surface area contributed by atoms with Gasteiger partial charge in [0.2, 0.25) is 5.91 Å². The van der Waals surface area contributed by atoms with Gasteiger partial charge < -0.3 is 21.1 Å². The molecule has 2 aromatic carbocycles. The summed E-state index contributed by atoms with van der Waals surface area (Å²) in [5.41, 5.74) is 7.96. The van der Waals surface area contributed by atoms with Crippen molar-refractivity contribution in [1.29, 1.82) is 0 Å². The third kappa shape index (κ3) is 7.11. The van der Waals surface area contributed by atoms with Gasteiger partial charge in [-0.3, -0.25) is 9.79 Å². The summed E-state index contributed by atoms with van der Waals surface area (Å²) in [5.74, 6) is 0.277. The predicted molar refractivity (Wildman–Crippen MR) is 109 cm³/mol. The van der Waals surface area contributed by atoms with Gasteiger partial charge in [-0.25, -0.2) is 0 Å². The normalized spacial score (nSPS) is 12.4. The number of hydrogen-bond acceptors (Lipinski definition) is 3. The lowest BCUT2D eigenvalue weighted by molar-refractivity contribution is 0.0646. The van der Waals surface area contributed by atoms with Crippen LogP contribution in [0, 0.1) is 0 Å². The van der Waals surface area contributed by atoms with Crippen molar-refractivity contribution < 1.29 is 9.53 Å². The predicted octanol–water partition coefficient (Wildman–Crippen LogP) is 2.62. The molecule has 1 atom stereocenters. The molecule has 0 aliphatic rings. The highest BCUT2D eigenvalue weighted by atomic mass is 16.5. The van der Waals surface area contributed by atoms with Crippen molar-refractivity contribution >= 4 is 11.9 Å². The molecule has 0 saturated carbocycles. The molecule has 0 heterocycles. The Bertz CT molecular complexity index is 747. The van der Waals surface area contributed by atoms with Gasteiger partial charge >= 0.3 is 0 Å². The summed E-state index contributed by atoms with van der Waals surface area (Å²) in [6, 6.07) is 17.4. The first-order valence-corrected chi connectivity index (χ1v) is 9.10. The maximum atomic E-state index is 11.2. The summed E-state index contributed by atoms with van der Waals surface area (Å²) in [6.45, 7) is 4.04. The fourth-order valence-electron chi connectivity index (χ4n) is 2.60. The minimum atomic E-state index is -0.427. The second-order valence-electron chi connectivity index (χ2n) is 6.19. The van der Waals surface area contributed by atoms with E-state index in [-0.39, 0.29) is 6.10 Å². The highest BCUT2D eigenvalue weighted by molar-refractivity contribution is 5.92. The van der Waals surface area contributed by atoms with Gasteiger partial charge in [0.15, 0.2) is 5.96 Å². The molecule has 2 aromatic rings. The van der Waals surface area contributed by atoms with Crippen LogP contribution in [0.3, 0.4) is 0 Å². The molecule has 0 aliphatic heterocycles. The Morgan fingerprint density at radius 3 is 2.63 bits per heavy atom. The molecule has 1 unspecified atom stereocenters. The Hall–Kier alpha value is -2.86. The average Bonchev–Trinajstić information content (AvgIpc) is 2.70. The van der Waals surface area contributed by atoms with Crippen LogP contribution in [0.5, 0.6) is 0 Å². The van der Waals surface area contributed by atoms with Crippen molar-refractivity contribution in [3.8, 4) is 0 Å². The van der Waals surface area contributed by atoms with E-state index in [1.807, 2.05) is 30.3 Å². The summed E-state index contributed by atoms with van der Waals surface area (Å²) in [6.07, 6.45) is 0.954. The van der Waals surface area contributed by atoms with E-state index in [2.05, 4.69) is 34.7 Å². The average molecular weight is 368 g/mol. The van der Waals surface area contributed by atoms with E-state index in [0.29, 0.717) is 24.7 Å². The number of benzene rings is 2. The largest absolute Gasteiger partial charge is 0.374 e. The van der Waals surface area contributed by atoms with Crippen LogP contribution in [0.4, 0.5) is 0 Å². The van der Waals surface area contributed by atoms with Gasteiger partial charge in [0, 0.05) is 32.3 Å². The van der Waals surface area contributed by atoms with Crippen LogP contribution < -0.4 is 16.4 Å². The van der Waals surface area contributed by atoms with Gasteiger partial charge in [-0.05, 0) is 36.6 Å². The maximum absolute atomic E-state index is 11.2. The van der Waals surface area contributed by atoms with Crippen molar-refractivity contribution in [3.05, 3.63) is 71.3 Å². The molecule has 27 heavy (non-hydrogen) atoms. The first kappa shape index (κ1) is 20.5. The molecule has 1 amide bonds. The molecule has 144 valence electrons. The summed E-state index contributed by atoms with van der Waals surface area (Å²) in [7, 11) is 1.73. The topological polar surface area (TPSA) is 88.7 Å². The number of nitrogens with one attached hydrogen (secondary N) is 2. The van der Waals surface area contributed by atoms with Gasteiger partial charge in [0.25, 0.3) is 0 Å². The molecule has 0 spiro atoms. The van der Waals surface area contributed by atoms with Crippen molar-refractivity contribution in [2.45, 2.75) is 26.0 Å². The Labute approximate surface area is 160 Å². The lowest BCUT2D eigenvalue weighted by Gasteiger charge is -2.15. The molecule has 0 aromatic heterocycles. The summed E-state index contributed by atoms with van der Waals surface area (Å²) in [4.78, 5) is 15.4. The molecular formula is C21H28N4O2. The fraction of sp³-hybridized carbons (Fsp3) is 0.333. The van der Waals surface area contributed by atoms with Crippen LogP contribution in [0.15, 0.2) is 59.6 Å². The molecule has 2 rings (SSSR count). The van der Waals surface area contributed by atoms with Crippen molar-refractivity contribution in [2.24, 2.45) is 10.7 Å². The number of carbonyl (C=O) groups is 1. The number of aliphatic imine (C=N–C) groups is 1. The number of nitrogens with zero attached hydrogens (tertiary/aromatic N) is 1. The van der Waals surface area contributed by atoms with E-state index in [9.17, 15) is 4.79 Å². The van der Waals surface area contributed by atoms with Crippen molar-refractivity contribution in [3.63, 3.8) is 0 Å². The van der Waals surface area contributed by atoms with Crippen LogP contribution in [-0.2, 0) is 11.3 Å². The minimum absolute atomic E-state index is 0.0844. The highest BCUT2D eigenvalue weighted by Crippen LogP contribution is 2.15. The van der Waals surface area contributed by atoms with E-state index in [1.165, 1.54) is 5.56 Å². The SMILES string of the molecule is CN=C(NCCCOC(C)c1ccccc1)NCc1cccc(C(N)=O)c1. The number of amides is 1. The van der Waals surface area contributed by atoms with Crippen molar-refractivity contribution in [2.75, 3.05) is 20.2 Å². The monoisotopic (exact) mass is 368 g/mol. The van der Waals surface area contributed by atoms with Crippen LogP contribution >= 0.6 is 0 Å². The van der Waals surface area contributed by atoms with E-state index in [1.54, 1.807) is 19.2 Å². The number of nitrogens with two attached hydrogens (primary N) is 1. The Morgan fingerprint density at radius 2 is 1.93 bits per heavy atom. The van der Waals surface area contributed by atoms with E-state index >= 15 is 0 Å². The van der Waals surface area contributed by atoms with Crippen LogP contribution in [-0.4, -0.2) is 32.1 Å². The van der Waals surface area contributed by atoms with Crippen molar-refractivity contribution in [1.82, 2.24) is 10.6 Å². The van der Waals surface area contributed by atoms with E-state index in [4.69, 9.17) is 10.5 Å². The van der Waals surface area contributed by atoms with Gasteiger partial charge in [0.05, 0.1) is 6.10 Å². The molecular weight excluding hydrogens is 340 g/mol. The van der Waals surface area contributed by atoms with Crippen LogP contribution in [0.1, 0.15) is 40.9 Å². The van der Waals surface area contributed by atoms with Gasteiger partial charge in [0.1, 0.15) is 0 Å².